The molecule has 0 radical (unpaired) electrons. The lowest BCUT2D eigenvalue weighted by atomic mass is 10.1. The van der Waals surface area contributed by atoms with Crippen LogP contribution >= 0.6 is 0 Å². The Bertz CT molecular complexity index is 410. The van der Waals surface area contributed by atoms with Crippen LogP contribution in [0.4, 0.5) is 0 Å². The Morgan fingerprint density at radius 1 is 1.71 bits per heavy atom. The van der Waals surface area contributed by atoms with Gasteiger partial charge >= 0.3 is 5.97 Å². The fourth-order valence-corrected chi connectivity index (χ4v) is 1.82. The minimum Gasteiger partial charge on any atom is -0.480 e. The molecular weight excluding hydrogens is 218 g/mol. The molecule has 0 bridgehead atoms. The molecular formula is C12H19N3O2. The maximum absolute atomic E-state index is 11.2. The number of nitrogens with zero attached hydrogens (tertiary/aromatic N) is 2. The third-order valence-corrected chi connectivity index (χ3v) is 3.51. The number of carboxylic acid groups (broad SMARTS) is 1. The molecule has 0 amide bonds. The fourth-order valence-electron chi connectivity index (χ4n) is 1.82. The molecule has 1 aliphatic carbocycles. The van der Waals surface area contributed by atoms with Gasteiger partial charge in [0.25, 0.3) is 0 Å². The van der Waals surface area contributed by atoms with Crippen LogP contribution in [-0.4, -0.2) is 33.4 Å². The number of hydrogen-bond acceptors (Lipinski definition) is 3. The van der Waals surface area contributed by atoms with Gasteiger partial charge in [0.05, 0.1) is 0 Å². The summed E-state index contributed by atoms with van der Waals surface area (Å²) in [5, 5.41) is 16.4. The van der Waals surface area contributed by atoms with Crippen LogP contribution in [0.25, 0.3) is 0 Å². The molecule has 0 aliphatic heterocycles. The van der Waals surface area contributed by atoms with E-state index in [1.807, 2.05) is 13.1 Å². The molecule has 1 aromatic rings. The number of rotatable bonds is 6. The van der Waals surface area contributed by atoms with Gasteiger partial charge in [-0.15, -0.1) is 0 Å². The minimum atomic E-state index is -0.796. The highest BCUT2D eigenvalue weighted by Gasteiger charge is 2.37. The lowest BCUT2D eigenvalue weighted by Gasteiger charge is -2.17. The molecule has 5 heteroatoms. The van der Waals surface area contributed by atoms with Gasteiger partial charge in [-0.3, -0.25) is 9.48 Å². The number of nitrogens with one attached hydrogen (secondary N) is 1. The number of carbonyl (C=O) groups is 1. The van der Waals surface area contributed by atoms with E-state index >= 15 is 0 Å². The van der Waals surface area contributed by atoms with Gasteiger partial charge in [0.2, 0.25) is 0 Å². The van der Waals surface area contributed by atoms with Crippen molar-refractivity contribution in [3.8, 4) is 0 Å². The molecule has 2 N–H and O–H groups in total. The van der Waals surface area contributed by atoms with E-state index in [9.17, 15) is 9.90 Å². The van der Waals surface area contributed by atoms with Crippen LogP contribution < -0.4 is 5.32 Å². The number of aliphatic carboxylic acids is 1. The molecule has 1 atom stereocenters. The first-order chi connectivity index (χ1) is 8.00. The monoisotopic (exact) mass is 237 g/mol. The standard InChI is InChI=1S/C12H19N3O2/c1-12(4-5-12)8-13-10(11(16)17)7-9-3-6-14-15(9)2/h3,6,10,13H,4-5,7-8H2,1-2H3,(H,16,17). The Morgan fingerprint density at radius 2 is 2.41 bits per heavy atom. The Labute approximate surface area is 101 Å². The van der Waals surface area contributed by atoms with E-state index in [2.05, 4.69) is 17.3 Å². The third-order valence-electron chi connectivity index (χ3n) is 3.51. The van der Waals surface area contributed by atoms with Crippen molar-refractivity contribution in [1.29, 1.82) is 0 Å². The average molecular weight is 237 g/mol. The molecule has 17 heavy (non-hydrogen) atoms. The van der Waals surface area contributed by atoms with Gasteiger partial charge in [0.15, 0.2) is 0 Å². The van der Waals surface area contributed by atoms with Gasteiger partial charge in [0.1, 0.15) is 6.04 Å². The van der Waals surface area contributed by atoms with Gasteiger partial charge in [-0.1, -0.05) is 6.92 Å². The molecule has 2 rings (SSSR count). The lowest BCUT2D eigenvalue weighted by Crippen LogP contribution is -2.41. The second-order valence-electron chi connectivity index (χ2n) is 5.23. The Hall–Kier alpha value is -1.36. The highest BCUT2D eigenvalue weighted by molar-refractivity contribution is 5.73. The Morgan fingerprint density at radius 3 is 2.88 bits per heavy atom. The van der Waals surface area contributed by atoms with Crippen LogP contribution in [0.3, 0.4) is 0 Å². The van der Waals surface area contributed by atoms with Crippen molar-refractivity contribution < 1.29 is 9.90 Å². The third kappa shape index (κ3) is 3.06. The van der Waals surface area contributed by atoms with Crippen molar-refractivity contribution in [3.63, 3.8) is 0 Å². The Kier molecular flexibility index (Phi) is 3.19. The van der Waals surface area contributed by atoms with Crippen molar-refractivity contribution in [1.82, 2.24) is 15.1 Å². The zero-order valence-corrected chi connectivity index (χ0v) is 10.3. The molecule has 94 valence electrons. The van der Waals surface area contributed by atoms with E-state index in [1.165, 1.54) is 12.8 Å². The van der Waals surface area contributed by atoms with Gasteiger partial charge < -0.3 is 10.4 Å². The van der Waals surface area contributed by atoms with Gasteiger partial charge in [-0.2, -0.15) is 5.10 Å². The predicted octanol–water partition coefficient (Wildman–Crippen LogP) is 0.805. The maximum atomic E-state index is 11.2. The van der Waals surface area contributed by atoms with Crippen LogP contribution in [0.15, 0.2) is 12.3 Å². The quantitative estimate of drug-likeness (QED) is 0.768. The number of carboxylic acids is 1. The summed E-state index contributed by atoms with van der Waals surface area (Å²) < 4.78 is 1.72. The second-order valence-corrected chi connectivity index (χ2v) is 5.23. The maximum Gasteiger partial charge on any atom is 0.321 e. The molecule has 0 aromatic carbocycles. The molecule has 1 fully saturated rings. The molecule has 5 nitrogen and oxygen atoms in total. The first kappa shape index (κ1) is 12.1. The zero-order valence-electron chi connectivity index (χ0n) is 10.3. The van der Waals surface area contributed by atoms with Crippen molar-refractivity contribution in [2.24, 2.45) is 12.5 Å². The average Bonchev–Trinajstić information content (AvgIpc) is 2.86. The van der Waals surface area contributed by atoms with Crippen LogP contribution in [0.5, 0.6) is 0 Å². The zero-order chi connectivity index (χ0) is 12.5. The molecule has 0 spiro atoms. The summed E-state index contributed by atoms with van der Waals surface area (Å²) in [5.41, 5.74) is 1.26. The highest BCUT2D eigenvalue weighted by Crippen LogP contribution is 2.44. The first-order valence-corrected chi connectivity index (χ1v) is 5.93. The lowest BCUT2D eigenvalue weighted by molar-refractivity contribution is -0.139. The van der Waals surface area contributed by atoms with E-state index in [0.717, 1.165) is 12.2 Å². The summed E-state index contributed by atoms with van der Waals surface area (Å²) in [4.78, 5) is 11.2. The molecule has 0 saturated heterocycles. The van der Waals surface area contributed by atoms with Crippen molar-refractivity contribution >= 4 is 5.97 Å². The highest BCUT2D eigenvalue weighted by atomic mass is 16.4. The molecule has 1 aromatic heterocycles. The smallest absolute Gasteiger partial charge is 0.321 e. The summed E-state index contributed by atoms with van der Waals surface area (Å²) in [6.45, 7) is 2.96. The van der Waals surface area contributed by atoms with E-state index in [0.29, 0.717) is 11.8 Å². The first-order valence-electron chi connectivity index (χ1n) is 5.93. The van der Waals surface area contributed by atoms with Crippen LogP contribution in [0, 0.1) is 5.41 Å². The summed E-state index contributed by atoms with van der Waals surface area (Å²) >= 11 is 0. The van der Waals surface area contributed by atoms with Gasteiger partial charge in [-0.05, 0) is 24.3 Å². The Balaban J connectivity index is 1.93. The van der Waals surface area contributed by atoms with Gasteiger partial charge in [0, 0.05) is 31.9 Å². The normalized spacial score (nSPS) is 18.9. The van der Waals surface area contributed by atoms with Gasteiger partial charge in [-0.25, -0.2) is 0 Å². The molecule has 1 aliphatic rings. The number of hydrogen-bond donors (Lipinski definition) is 2. The van der Waals surface area contributed by atoms with E-state index in [-0.39, 0.29) is 0 Å². The SMILES string of the molecule is Cn1nccc1CC(NCC1(C)CC1)C(=O)O. The fraction of sp³-hybridized carbons (Fsp3) is 0.667. The van der Waals surface area contributed by atoms with E-state index in [1.54, 1.807) is 10.9 Å². The molecule has 1 heterocycles. The summed E-state index contributed by atoms with van der Waals surface area (Å²) in [5.74, 6) is -0.796. The van der Waals surface area contributed by atoms with Crippen LogP contribution in [-0.2, 0) is 18.3 Å². The second kappa shape index (κ2) is 4.49. The van der Waals surface area contributed by atoms with Crippen molar-refractivity contribution in [3.05, 3.63) is 18.0 Å². The van der Waals surface area contributed by atoms with Crippen molar-refractivity contribution in [2.45, 2.75) is 32.2 Å². The molecule has 1 saturated carbocycles. The number of aromatic nitrogens is 2. The van der Waals surface area contributed by atoms with Crippen LogP contribution in [0.1, 0.15) is 25.5 Å². The summed E-state index contributed by atoms with van der Waals surface area (Å²) in [6, 6.07) is 1.33. The predicted molar refractivity (Wildman–Crippen MR) is 63.7 cm³/mol. The number of aryl methyl sites for hydroxylation is 1. The van der Waals surface area contributed by atoms with Crippen LogP contribution in [0.2, 0.25) is 0 Å². The molecule has 1 unspecified atom stereocenters. The van der Waals surface area contributed by atoms with E-state index in [4.69, 9.17) is 0 Å². The largest absolute Gasteiger partial charge is 0.480 e. The summed E-state index contributed by atoms with van der Waals surface area (Å²) in [6.07, 6.45) is 4.55. The minimum absolute atomic E-state index is 0.320. The summed E-state index contributed by atoms with van der Waals surface area (Å²) in [7, 11) is 1.83. The van der Waals surface area contributed by atoms with E-state index < -0.39 is 12.0 Å². The topological polar surface area (TPSA) is 67.2 Å². The van der Waals surface area contributed by atoms with Crippen molar-refractivity contribution in [2.75, 3.05) is 6.54 Å².